The minimum Gasteiger partial charge on any atom is -0.497 e. The minimum atomic E-state index is -2.87. The van der Waals surface area contributed by atoms with E-state index in [1.165, 1.54) is 0 Å². The third kappa shape index (κ3) is 2.79. The van der Waals surface area contributed by atoms with Crippen LogP contribution in [0.1, 0.15) is 18.0 Å². The van der Waals surface area contributed by atoms with Crippen molar-refractivity contribution in [2.45, 2.75) is 12.5 Å². The molecule has 5 heteroatoms. The molecule has 94 valence electrons. The number of benzene rings is 1. The van der Waals surface area contributed by atoms with Crippen LogP contribution in [0.3, 0.4) is 0 Å². The van der Waals surface area contributed by atoms with Gasteiger partial charge in [0.25, 0.3) is 0 Å². The fourth-order valence-electron chi connectivity index (χ4n) is 2.21. The van der Waals surface area contributed by atoms with Gasteiger partial charge in [0.15, 0.2) is 9.84 Å². The highest BCUT2D eigenvalue weighted by molar-refractivity contribution is 7.91. The average molecular weight is 255 g/mol. The van der Waals surface area contributed by atoms with Gasteiger partial charge in [0, 0.05) is 6.04 Å². The largest absolute Gasteiger partial charge is 0.497 e. The number of nitrogens with two attached hydrogens (primary N) is 1. The summed E-state index contributed by atoms with van der Waals surface area (Å²) in [6, 6.07) is 7.28. The Morgan fingerprint density at radius 1 is 1.35 bits per heavy atom. The van der Waals surface area contributed by atoms with Crippen LogP contribution in [0.25, 0.3) is 0 Å². The molecule has 2 rings (SSSR count). The Morgan fingerprint density at radius 3 is 2.47 bits per heavy atom. The van der Waals surface area contributed by atoms with Crippen LogP contribution in [0.4, 0.5) is 0 Å². The second kappa shape index (κ2) is 4.66. The van der Waals surface area contributed by atoms with Crippen LogP contribution in [0.5, 0.6) is 5.75 Å². The molecule has 0 spiro atoms. The molecular formula is C12H17NO3S. The highest BCUT2D eigenvalue weighted by Gasteiger charge is 2.32. The maximum atomic E-state index is 11.4. The molecule has 1 fully saturated rings. The zero-order chi connectivity index (χ0) is 12.5. The van der Waals surface area contributed by atoms with Crippen LogP contribution < -0.4 is 10.5 Å². The van der Waals surface area contributed by atoms with Crippen molar-refractivity contribution in [1.29, 1.82) is 0 Å². The molecule has 2 unspecified atom stereocenters. The van der Waals surface area contributed by atoms with E-state index in [9.17, 15) is 8.42 Å². The number of ether oxygens (including phenoxy) is 1. The van der Waals surface area contributed by atoms with Gasteiger partial charge in [-0.05, 0) is 30.0 Å². The molecular weight excluding hydrogens is 238 g/mol. The summed E-state index contributed by atoms with van der Waals surface area (Å²) >= 11 is 0. The van der Waals surface area contributed by atoms with Gasteiger partial charge in [-0.15, -0.1) is 0 Å². The van der Waals surface area contributed by atoms with Crippen LogP contribution in [0.15, 0.2) is 24.3 Å². The van der Waals surface area contributed by atoms with Crippen molar-refractivity contribution in [2.24, 2.45) is 11.7 Å². The molecule has 1 aliphatic heterocycles. The first-order chi connectivity index (χ1) is 8.02. The summed E-state index contributed by atoms with van der Waals surface area (Å²) in [4.78, 5) is 0. The predicted octanol–water partition coefficient (Wildman–Crippen LogP) is 1.13. The summed E-state index contributed by atoms with van der Waals surface area (Å²) in [5.41, 5.74) is 7.07. The lowest BCUT2D eigenvalue weighted by molar-refractivity contribution is 0.414. The van der Waals surface area contributed by atoms with Crippen molar-refractivity contribution in [3.63, 3.8) is 0 Å². The number of methoxy groups -OCH3 is 1. The summed E-state index contributed by atoms with van der Waals surface area (Å²) in [7, 11) is -1.26. The molecule has 0 aromatic heterocycles. The summed E-state index contributed by atoms with van der Waals surface area (Å²) in [6.45, 7) is 0. The Bertz CT molecular complexity index is 481. The lowest BCUT2D eigenvalue weighted by Crippen LogP contribution is -2.22. The van der Waals surface area contributed by atoms with Crippen LogP contribution >= 0.6 is 0 Å². The molecule has 0 bridgehead atoms. The Hall–Kier alpha value is -1.07. The second-order valence-electron chi connectivity index (χ2n) is 4.46. The standard InChI is InChI=1S/C12H17NO3S/c1-16-11-4-2-9(3-5-11)12(13)10-6-7-17(14,15)8-10/h2-5,10,12H,6-8,13H2,1H3. The molecule has 0 aliphatic carbocycles. The molecule has 0 amide bonds. The van der Waals surface area contributed by atoms with Crippen molar-refractivity contribution < 1.29 is 13.2 Å². The van der Waals surface area contributed by atoms with Crippen LogP contribution in [-0.4, -0.2) is 27.0 Å². The van der Waals surface area contributed by atoms with Crippen molar-refractivity contribution in [1.82, 2.24) is 0 Å². The van der Waals surface area contributed by atoms with Crippen LogP contribution in [0, 0.1) is 5.92 Å². The quantitative estimate of drug-likeness (QED) is 0.879. The summed E-state index contributed by atoms with van der Waals surface area (Å²) < 4.78 is 27.9. The van der Waals surface area contributed by atoms with E-state index in [2.05, 4.69) is 0 Å². The molecule has 2 N–H and O–H groups in total. The molecule has 1 saturated heterocycles. The Balaban J connectivity index is 2.11. The van der Waals surface area contributed by atoms with Crippen molar-refractivity contribution in [3.8, 4) is 5.75 Å². The Kier molecular flexibility index (Phi) is 3.40. The van der Waals surface area contributed by atoms with E-state index in [-0.39, 0.29) is 23.5 Å². The zero-order valence-corrected chi connectivity index (χ0v) is 10.6. The fraction of sp³-hybridized carbons (Fsp3) is 0.500. The summed E-state index contributed by atoms with van der Waals surface area (Å²) in [5.74, 6) is 1.29. The smallest absolute Gasteiger partial charge is 0.150 e. The molecule has 4 nitrogen and oxygen atoms in total. The Morgan fingerprint density at radius 2 is 2.00 bits per heavy atom. The maximum Gasteiger partial charge on any atom is 0.150 e. The summed E-state index contributed by atoms with van der Waals surface area (Å²) in [5, 5.41) is 0. The van der Waals surface area contributed by atoms with Crippen LogP contribution in [-0.2, 0) is 9.84 Å². The average Bonchev–Trinajstić information content (AvgIpc) is 2.69. The second-order valence-corrected chi connectivity index (χ2v) is 6.69. The third-order valence-electron chi connectivity index (χ3n) is 3.28. The molecule has 1 aromatic rings. The van der Waals surface area contributed by atoms with E-state index < -0.39 is 9.84 Å². The monoisotopic (exact) mass is 255 g/mol. The third-order valence-corrected chi connectivity index (χ3v) is 5.07. The van der Waals surface area contributed by atoms with Gasteiger partial charge in [0.1, 0.15) is 5.75 Å². The first-order valence-electron chi connectivity index (χ1n) is 5.62. The maximum absolute atomic E-state index is 11.4. The van der Waals surface area contributed by atoms with E-state index in [0.717, 1.165) is 11.3 Å². The van der Waals surface area contributed by atoms with Gasteiger partial charge >= 0.3 is 0 Å². The van der Waals surface area contributed by atoms with E-state index in [0.29, 0.717) is 6.42 Å². The van der Waals surface area contributed by atoms with Crippen molar-refractivity contribution in [2.75, 3.05) is 18.6 Å². The molecule has 1 heterocycles. The SMILES string of the molecule is COc1ccc(C(N)C2CCS(=O)(=O)C2)cc1. The fourth-order valence-corrected chi connectivity index (χ4v) is 4.06. The van der Waals surface area contributed by atoms with E-state index in [1.54, 1.807) is 7.11 Å². The molecule has 0 saturated carbocycles. The molecule has 1 aliphatic rings. The summed E-state index contributed by atoms with van der Waals surface area (Å²) in [6.07, 6.45) is 0.662. The zero-order valence-electron chi connectivity index (χ0n) is 9.80. The number of hydrogen-bond donors (Lipinski definition) is 1. The van der Waals surface area contributed by atoms with Gasteiger partial charge in [-0.1, -0.05) is 12.1 Å². The number of hydrogen-bond acceptors (Lipinski definition) is 4. The lowest BCUT2D eigenvalue weighted by atomic mass is 9.93. The van der Waals surface area contributed by atoms with Gasteiger partial charge < -0.3 is 10.5 Å². The topological polar surface area (TPSA) is 69.4 Å². The molecule has 1 aromatic carbocycles. The number of rotatable bonds is 3. The van der Waals surface area contributed by atoms with Gasteiger partial charge in [-0.25, -0.2) is 8.42 Å². The molecule has 2 atom stereocenters. The molecule has 0 radical (unpaired) electrons. The lowest BCUT2D eigenvalue weighted by Gasteiger charge is -2.18. The van der Waals surface area contributed by atoms with Gasteiger partial charge in [-0.3, -0.25) is 0 Å². The Labute approximate surface area is 102 Å². The normalized spacial score (nSPS) is 24.5. The first kappa shape index (κ1) is 12.4. The van der Waals surface area contributed by atoms with Crippen molar-refractivity contribution >= 4 is 9.84 Å². The minimum absolute atomic E-state index is 0.0356. The van der Waals surface area contributed by atoms with E-state index >= 15 is 0 Å². The van der Waals surface area contributed by atoms with Gasteiger partial charge in [0.2, 0.25) is 0 Å². The van der Waals surface area contributed by atoms with Gasteiger partial charge in [0.05, 0.1) is 18.6 Å². The van der Waals surface area contributed by atoms with E-state index in [1.807, 2.05) is 24.3 Å². The highest BCUT2D eigenvalue weighted by Crippen LogP contribution is 2.30. The molecule has 17 heavy (non-hydrogen) atoms. The van der Waals surface area contributed by atoms with E-state index in [4.69, 9.17) is 10.5 Å². The van der Waals surface area contributed by atoms with Crippen molar-refractivity contribution in [3.05, 3.63) is 29.8 Å². The highest BCUT2D eigenvalue weighted by atomic mass is 32.2. The predicted molar refractivity (Wildman–Crippen MR) is 66.7 cm³/mol. The van der Waals surface area contributed by atoms with Crippen LogP contribution in [0.2, 0.25) is 0 Å². The first-order valence-corrected chi connectivity index (χ1v) is 7.44. The van der Waals surface area contributed by atoms with Gasteiger partial charge in [-0.2, -0.15) is 0 Å². The number of sulfone groups is 1.